The van der Waals surface area contributed by atoms with E-state index in [0.717, 1.165) is 52.4 Å². The second-order valence-corrected chi connectivity index (χ2v) is 9.73. The van der Waals surface area contributed by atoms with Crippen molar-refractivity contribution < 1.29 is 0 Å². The van der Waals surface area contributed by atoms with E-state index in [4.69, 9.17) is 4.98 Å². The molecular weight excluding hydrogens is 488 g/mol. The lowest BCUT2D eigenvalue weighted by atomic mass is 10.0. The van der Waals surface area contributed by atoms with Gasteiger partial charge in [0.1, 0.15) is 23.6 Å². The van der Waals surface area contributed by atoms with Crippen LogP contribution >= 0.6 is 0 Å². The number of benzene rings is 2. The topological polar surface area (TPSA) is 124 Å². The van der Waals surface area contributed by atoms with Crippen LogP contribution in [0.15, 0.2) is 85.3 Å². The summed E-state index contributed by atoms with van der Waals surface area (Å²) in [6.07, 6.45) is 3.41. The van der Waals surface area contributed by atoms with E-state index in [1.807, 2.05) is 48.7 Å². The van der Waals surface area contributed by atoms with Gasteiger partial charge in [-0.15, -0.1) is 10.2 Å². The first-order valence-electron chi connectivity index (χ1n) is 12.8. The van der Waals surface area contributed by atoms with Gasteiger partial charge in [-0.1, -0.05) is 68.4 Å². The number of hydrogen-bond acceptors (Lipinski definition) is 8. The molecule has 0 aliphatic heterocycles. The average molecular weight is 517 g/mol. The summed E-state index contributed by atoms with van der Waals surface area (Å²) in [5.41, 5.74) is 5.39. The molecule has 0 aliphatic rings. The number of H-pyrrole nitrogens is 2. The van der Waals surface area contributed by atoms with Crippen LogP contribution in [0.5, 0.6) is 0 Å². The van der Waals surface area contributed by atoms with Gasteiger partial charge in [-0.3, -0.25) is 0 Å². The Morgan fingerprint density at radius 1 is 0.923 bits per heavy atom. The summed E-state index contributed by atoms with van der Waals surface area (Å²) in [7, 11) is 0. The SMILES string of the molecule is CC(C)CN(Cc1ccccc1)c1cc(Nc2ncnc3[nH]ccc23)cc(-c2ccccc2-c2nn[nH]n2)n1. The molecule has 0 aliphatic carbocycles. The third kappa shape index (κ3) is 5.30. The minimum absolute atomic E-state index is 0.434. The van der Waals surface area contributed by atoms with Gasteiger partial charge >= 0.3 is 0 Å². The molecule has 0 bridgehead atoms. The van der Waals surface area contributed by atoms with Gasteiger partial charge in [0.05, 0.1) is 11.1 Å². The average Bonchev–Trinajstić information content (AvgIpc) is 3.66. The van der Waals surface area contributed by atoms with Crippen LogP contribution in [0.25, 0.3) is 33.7 Å². The summed E-state index contributed by atoms with van der Waals surface area (Å²) in [6, 6.07) is 24.5. The van der Waals surface area contributed by atoms with Crippen LogP contribution < -0.4 is 10.2 Å². The predicted molar refractivity (Wildman–Crippen MR) is 152 cm³/mol. The Balaban J connectivity index is 1.48. The van der Waals surface area contributed by atoms with Gasteiger partial charge in [0.25, 0.3) is 0 Å². The molecule has 0 spiro atoms. The highest BCUT2D eigenvalue weighted by molar-refractivity contribution is 5.89. The van der Waals surface area contributed by atoms with Crippen molar-refractivity contribution in [3.05, 3.63) is 90.9 Å². The zero-order valence-corrected chi connectivity index (χ0v) is 21.7. The molecule has 3 N–H and O–H groups in total. The van der Waals surface area contributed by atoms with E-state index < -0.39 is 0 Å². The maximum atomic E-state index is 5.18. The minimum atomic E-state index is 0.434. The number of anilines is 3. The molecule has 6 aromatic rings. The minimum Gasteiger partial charge on any atom is -0.352 e. The molecule has 2 aromatic carbocycles. The second-order valence-electron chi connectivity index (χ2n) is 9.73. The Hall–Kier alpha value is -5.12. The zero-order valence-electron chi connectivity index (χ0n) is 21.7. The van der Waals surface area contributed by atoms with Gasteiger partial charge in [-0.2, -0.15) is 5.21 Å². The largest absolute Gasteiger partial charge is 0.352 e. The van der Waals surface area contributed by atoms with E-state index >= 15 is 0 Å². The number of tetrazole rings is 1. The Labute approximate surface area is 225 Å². The number of nitrogens with one attached hydrogen (secondary N) is 3. The van der Waals surface area contributed by atoms with E-state index in [0.29, 0.717) is 17.6 Å². The van der Waals surface area contributed by atoms with Crippen LogP contribution in [-0.4, -0.2) is 47.1 Å². The first-order chi connectivity index (χ1) is 19.1. The van der Waals surface area contributed by atoms with Crippen molar-refractivity contribution in [3.63, 3.8) is 0 Å². The second kappa shape index (κ2) is 10.7. The molecular formula is C29H28N10. The zero-order chi connectivity index (χ0) is 26.6. The number of rotatable bonds is 9. The number of nitrogens with zero attached hydrogens (tertiary/aromatic N) is 7. The quantitative estimate of drug-likeness (QED) is 0.227. The monoisotopic (exact) mass is 516 g/mol. The maximum Gasteiger partial charge on any atom is 0.205 e. The van der Waals surface area contributed by atoms with Crippen molar-refractivity contribution in [2.75, 3.05) is 16.8 Å². The number of aromatic nitrogens is 8. The van der Waals surface area contributed by atoms with Crippen molar-refractivity contribution in [2.24, 2.45) is 5.92 Å². The Morgan fingerprint density at radius 2 is 1.74 bits per heavy atom. The van der Waals surface area contributed by atoms with E-state index in [-0.39, 0.29) is 0 Å². The number of fused-ring (bicyclic) bond motifs is 1. The summed E-state index contributed by atoms with van der Waals surface area (Å²) in [6.45, 7) is 6.01. The Morgan fingerprint density at radius 3 is 2.54 bits per heavy atom. The fraction of sp³-hybridized carbons (Fsp3) is 0.172. The highest BCUT2D eigenvalue weighted by Crippen LogP contribution is 2.34. The third-order valence-electron chi connectivity index (χ3n) is 6.34. The van der Waals surface area contributed by atoms with Crippen molar-refractivity contribution in [2.45, 2.75) is 20.4 Å². The lowest BCUT2D eigenvalue weighted by Gasteiger charge is -2.27. The van der Waals surface area contributed by atoms with Gasteiger partial charge in [-0.05, 0) is 28.8 Å². The Kier molecular flexibility index (Phi) is 6.65. The van der Waals surface area contributed by atoms with Crippen LogP contribution in [0.4, 0.5) is 17.3 Å². The normalized spacial score (nSPS) is 11.3. The van der Waals surface area contributed by atoms with Gasteiger partial charge in [0.2, 0.25) is 5.82 Å². The van der Waals surface area contributed by atoms with Crippen LogP contribution in [0.1, 0.15) is 19.4 Å². The number of aromatic amines is 2. The van der Waals surface area contributed by atoms with Crippen molar-refractivity contribution >= 4 is 28.4 Å². The molecule has 0 amide bonds. The summed E-state index contributed by atoms with van der Waals surface area (Å²) >= 11 is 0. The van der Waals surface area contributed by atoms with Gasteiger partial charge < -0.3 is 15.2 Å². The van der Waals surface area contributed by atoms with Crippen molar-refractivity contribution in [3.8, 4) is 22.6 Å². The standard InChI is InChI=1S/C29H28N10/c1-19(2)16-39(17-20-8-4-3-5-9-20)26-15-21(33-28-24-12-13-30-27(24)31-18-32-28)14-25(34-26)22-10-6-7-11-23(22)29-35-37-38-36-29/h3-15,18-19H,16-17H2,1-2H3,(H,35,36,37,38)(H2,30,31,32,33,34). The van der Waals surface area contributed by atoms with E-state index in [9.17, 15) is 0 Å². The smallest absolute Gasteiger partial charge is 0.205 e. The summed E-state index contributed by atoms with van der Waals surface area (Å²) in [5, 5.41) is 19.2. The Bertz CT molecular complexity index is 1680. The predicted octanol–water partition coefficient (Wildman–Crippen LogP) is 5.61. The van der Waals surface area contributed by atoms with Crippen LogP contribution in [-0.2, 0) is 6.54 Å². The molecule has 39 heavy (non-hydrogen) atoms. The van der Waals surface area contributed by atoms with Gasteiger partial charge in [-0.25, -0.2) is 15.0 Å². The molecule has 0 saturated carbocycles. The molecule has 10 heteroatoms. The number of hydrogen-bond donors (Lipinski definition) is 3. The fourth-order valence-electron chi connectivity index (χ4n) is 4.66. The third-order valence-corrected chi connectivity index (χ3v) is 6.34. The van der Waals surface area contributed by atoms with Crippen molar-refractivity contribution in [1.29, 1.82) is 0 Å². The van der Waals surface area contributed by atoms with Gasteiger partial charge in [0.15, 0.2) is 0 Å². The first-order valence-corrected chi connectivity index (χ1v) is 12.8. The molecule has 194 valence electrons. The summed E-state index contributed by atoms with van der Waals surface area (Å²) in [4.78, 5) is 19.5. The first kappa shape index (κ1) is 24.2. The number of pyridine rings is 1. The van der Waals surface area contributed by atoms with Gasteiger partial charge in [0, 0.05) is 42.2 Å². The molecule has 0 fully saturated rings. The molecule has 10 nitrogen and oxygen atoms in total. The fourth-order valence-corrected chi connectivity index (χ4v) is 4.66. The highest BCUT2D eigenvalue weighted by atomic mass is 15.5. The lowest BCUT2D eigenvalue weighted by Crippen LogP contribution is -2.28. The molecule has 0 atom stereocenters. The molecule has 0 saturated heterocycles. The summed E-state index contributed by atoms with van der Waals surface area (Å²) in [5.74, 6) is 2.52. The van der Waals surface area contributed by atoms with Crippen LogP contribution in [0.2, 0.25) is 0 Å². The van der Waals surface area contributed by atoms with Crippen LogP contribution in [0.3, 0.4) is 0 Å². The highest BCUT2D eigenvalue weighted by Gasteiger charge is 2.18. The van der Waals surface area contributed by atoms with Crippen LogP contribution in [0, 0.1) is 5.92 Å². The molecule has 4 heterocycles. The maximum absolute atomic E-state index is 5.18. The summed E-state index contributed by atoms with van der Waals surface area (Å²) < 4.78 is 0. The van der Waals surface area contributed by atoms with E-state index in [1.54, 1.807) is 6.33 Å². The molecule has 4 aromatic heterocycles. The van der Waals surface area contributed by atoms with E-state index in [1.165, 1.54) is 5.56 Å². The molecule has 0 radical (unpaired) electrons. The van der Waals surface area contributed by atoms with Crippen molar-refractivity contribution in [1.82, 2.24) is 40.6 Å². The van der Waals surface area contributed by atoms with E-state index in [2.05, 4.69) is 90.0 Å². The molecule has 6 rings (SSSR count). The lowest BCUT2D eigenvalue weighted by molar-refractivity contribution is 0.605. The molecule has 0 unspecified atom stereocenters.